The van der Waals surface area contributed by atoms with Crippen LogP contribution in [0.3, 0.4) is 0 Å². The average Bonchev–Trinajstić information content (AvgIpc) is 2.51. The Morgan fingerprint density at radius 1 is 1.17 bits per heavy atom. The molecule has 0 spiro atoms. The summed E-state index contributed by atoms with van der Waals surface area (Å²) in [6, 6.07) is 0. The predicted molar refractivity (Wildman–Crippen MR) is 44.4 cm³/mol. The van der Waals surface area contributed by atoms with Gasteiger partial charge in [0.05, 0.1) is 0 Å². The van der Waals surface area contributed by atoms with Gasteiger partial charge >= 0.3 is 0 Å². The molecule has 0 saturated heterocycles. The fraction of sp³-hybridized carbons (Fsp3) is 0.909. The maximum absolute atomic E-state index is 11.6. The third kappa shape index (κ3) is 0.348. The molecule has 4 aliphatic rings. The van der Waals surface area contributed by atoms with Gasteiger partial charge in [0.25, 0.3) is 0 Å². The molecule has 0 aromatic rings. The Balaban J connectivity index is 1.92. The minimum Gasteiger partial charge on any atom is -0.299 e. The van der Waals surface area contributed by atoms with E-state index in [1.807, 2.05) is 6.92 Å². The Morgan fingerprint density at radius 2 is 1.75 bits per heavy atom. The predicted octanol–water partition coefficient (Wildman–Crippen LogP) is 1.87. The molecule has 0 amide bonds. The summed E-state index contributed by atoms with van der Waals surface area (Å²) < 4.78 is 0. The van der Waals surface area contributed by atoms with Gasteiger partial charge in [0.1, 0.15) is 5.78 Å². The Hall–Kier alpha value is -0.330. The highest BCUT2D eigenvalue weighted by Crippen LogP contribution is 2.87. The second kappa shape index (κ2) is 1.40. The van der Waals surface area contributed by atoms with E-state index >= 15 is 0 Å². The van der Waals surface area contributed by atoms with E-state index in [1.165, 1.54) is 19.3 Å². The molecule has 0 radical (unpaired) electrons. The van der Waals surface area contributed by atoms with E-state index in [-0.39, 0.29) is 5.41 Å². The van der Waals surface area contributed by atoms with Crippen LogP contribution in [0.4, 0.5) is 0 Å². The summed E-state index contributed by atoms with van der Waals surface area (Å²) in [5.74, 6) is 5.06. The molecular weight excluding hydrogens is 148 g/mol. The summed E-state index contributed by atoms with van der Waals surface area (Å²) in [4.78, 5) is 11.6. The van der Waals surface area contributed by atoms with Gasteiger partial charge in [-0.1, -0.05) is 0 Å². The average molecular weight is 162 g/mol. The molecule has 1 heteroatoms. The van der Waals surface area contributed by atoms with E-state index in [9.17, 15) is 4.79 Å². The monoisotopic (exact) mass is 162 g/mol. The Morgan fingerprint density at radius 3 is 2.08 bits per heavy atom. The number of hydrogen-bond donors (Lipinski definition) is 0. The van der Waals surface area contributed by atoms with Crippen LogP contribution in [-0.4, -0.2) is 5.78 Å². The van der Waals surface area contributed by atoms with E-state index in [2.05, 4.69) is 0 Å². The van der Waals surface area contributed by atoms with Crippen molar-refractivity contribution in [1.82, 2.24) is 0 Å². The smallest absolute Gasteiger partial charge is 0.136 e. The van der Waals surface area contributed by atoms with Gasteiger partial charge in [0, 0.05) is 5.41 Å². The number of carbonyl (C=O) groups excluding carboxylic acids is 1. The van der Waals surface area contributed by atoms with Gasteiger partial charge in [-0.15, -0.1) is 0 Å². The Kier molecular flexibility index (Phi) is 0.722. The topological polar surface area (TPSA) is 17.1 Å². The van der Waals surface area contributed by atoms with Gasteiger partial charge in [-0.05, 0) is 55.8 Å². The van der Waals surface area contributed by atoms with Gasteiger partial charge < -0.3 is 0 Å². The highest BCUT2D eigenvalue weighted by molar-refractivity contribution is 5.88. The van der Waals surface area contributed by atoms with E-state index in [4.69, 9.17) is 0 Å². The molecule has 6 atom stereocenters. The van der Waals surface area contributed by atoms with Gasteiger partial charge in [0.15, 0.2) is 0 Å². The highest BCUT2D eigenvalue weighted by Gasteiger charge is 2.85. The molecule has 12 heavy (non-hydrogen) atoms. The van der Waals surface area contributed by atoms with Crippen LogP contribution in [0.15, 0.2) is 0 Å². The third-order valence-corrected chi connectivity index (χ3v) is 5.46. The lowest BCUT2D eigenvalue weighted by Crippen LogP contribution is -2.19. The van der Waals surface area contributed by atoms with E-state index < -0.39 is 0 Å². The van der Waals surface area contributed by atoms with Gasteiger partial charge in [0.2, 0.25) is 0 Å². The summed E-state index contributed by atoms with van der Waals surface area (Å²) in [6.07, 6.45) is 4.27. The lowest BCUT2D eigenvalue weighted by atomic mass is 9.86. The number of carbonyl (C=O) groups is 1. The first kappa shape index (κ1) is 6.17. The number of Topliss-reactive ketones (excluding diaryl/α,β-unsaturated/α-hetero) is 1. The number of hydrogen-bond acceptors (Lipinski definition) is 1. The molecule has 0 aliphatic heterocycles. The summed E-state index contributed by atoms with van der Waals surface area (Å²) in [6.45, 7) is 1.84. The van der Waals surface area contributed by atoms with E-state index in [0.717, 1.165) is 29.6 Å². The van der Waals surface area contributed by atoms with Crippen LogP contribution in [0.5, 0.6) is 0 Å². The summed E-state index contributed by atoms with van der Waals surface area (Å²) >= 11 is 0. The molecule has 4 rings (SSSR count). The lowest BCUT2D eigenvalue weighted by molar-refractivity contribution is -0.123. The fourth-order valence-corrected chi connectivity index (χ4v) is 5.52. The maximum atomic E-state index is 11.6. The second-order valence-electron chi connectivity index (χ2n) is 5.46. The first-order chi connectivity index (χ1) is 5.76. The molecule has 4 fully saturated rings. The quantitative estimate of drug-likeness (QED) is 0.575. The van der Waals surface area contributed by atoms with E-state index in [1.54, 1.807) is 0 Å². The van der Waals surface area contributed by atoms with Crippen LogP contribution >= 0.6 is 0 Å². The van der Waals surface area contributed by atoms with Crippen molar-refractivity contribution in [3.63, 3.8) is 0 Å². The van der Waals surface area contributed by atoms with Crippen molar-refractivity contribution in [1.29, 1.82) is 0 Å². The van der Waals surface area contributed by atoms with Crippen molar-refractivity contribution in [2.24, 2.45) is 35.0 Å². The molecule has 4 aliphatic carbocycles. The van der Waals surface area contributed by atoms with Gasteiger partial charge in [-0.25, -0.2) is 0 Å². The summed E-state index contributed by atoms with van der Waals surface area (Å²) in [5, 5.41) is 0. The molecule has 0 aromatic heterocycles. The molecule has 1 nitrogen and oxygen atoms in total. The maximum Gasteiger partial charge on any atom is 0.136 e. The van der Waals surface area contributed by atoms with Crippen molar-refractivity contribution in [2.45, 2.75) is 26.2 Å². The molecule has 0 N–H and O–H groups in total. The van der Waals surface area contributed by atoms with Crippen LogP contribution in [0.1, 0.15) is 26.2 Å². The van der Waals surface area contributed by atoms with Crippen molar-refractivity contribution < 1.29 is 4.79 Å². The lowest BCUT2D eigenvalue weighted by Gasteiger charge is -2.18. The fourth-order valence-electron chi connectivity index (χ4n) is 5.52. The van der Waals surface area contributed by atoms with Crippen LogP contribution in [0.2, 0.25) is 0 Å². The SMILES string of the molecule is CC(=O)C12C3C[C@@H]4C[C@@H](C3)[C@H]1[C@@H]42. The second-order valence-corrected chi connectivity index (χ2v) is 5.46. The number of rotatable bonds is 1. The Bertz CT molecular complexity index is 270. The largest absolute Gasteiger partial charge is 0.299 e. The third-order valence-electron chi connectivity index (χ3n) is 5.46. The highest BCUT2D eigenvalue weighted by atomic mass is 16.1. The van der Waals surface area contributed by atoms with Crippen LogP contribution in [0, 0.1) is 35.0 Å². The molecule has 0 bridgehead atoms. The summed E-state index contributed by atoms with van der Waals surface area (Å²) in [5.41, 5.74) is 0.271. The first-order valence-corrected chi connectivity index (χ1v) is 5.27. The molecule has 0 heterocycles. The molecule has 0 aromatic carbocycles. The van der Waals surface area contributed by atoms with E-state index in [0.29, 0.717) is 5.78 Å². The van der Waals surface area contributed by atoms with Crippen molar-refractivity contribution in [2.75, 3.05) is 0 Å². The van der Waals surface area contributed by atoms with Gasteiger partial charge in [-0.2, -0.15) is 0 Å². The van der Waals surface area contributed by atoms with Crippen LogP contribution in [0.25, 0.3) is 0 Å². The minimum atomic E-state index is 0.271. The van der Waals surface area contributed by atoms with Crippen molar-refractivity contribution >= 4 is 5.78 Å². The minimum absolute atomic E-state index is 0.271. The zero-order valence-electron chi connectivity index (χ0n) is 7.42. The van der Waals surface area contributed by atoms with Crippen molar-refractivity contribution in [3.05, 3.63) is 0 Å². The molecule has 4 saturated carbocycles. The summed E-state index contributed by atoms with van der Waals surface area (Å²) in [7, 11) is 0. The zero-order chi connectivity index (χ0) is 8.09. The first-order valence-electron chi connectivity index (χ1n) is 5.27. The van der Waals surface area contributed by atoms with Crippen LogP contribution < -0.4 is 0 Å². The Labute approximate surface area is 72.5 Å². The number of ketones is 1. The van der Waals surface area contributed by atoms with Crippen LogP contribution in [-0.2, 0) is 4.79 Å². The molecule has 2 unspecified atom stereocenters. The molecule has 64 valence electrons. The van der Waals surface area contributed by atoms with Crippen molar-refractivity contribution in [3.8, 4) is 0 Å². The normalized spacial score (nSPS) is 68.9. The zero-order valence-corrected chi connectivity index (χ0v) is 7.42. The standard InChI is InChI=1S/C11H14O/c1-5(12)11-8-3-6-2-7(4-8)10(11)9(6)11/h6-10H,2-4H2,1H3/t6-,7-,8?,9-,10+,11?/m0/s1. The van der Waals surface area contributed by atoms with Gasteiger partial charge in [-0.3, -0.25) is 4.79 Å². The molecular formula is C11H14O.